The Balaban J connectivity index is 2.56. The van der Waals surface area contributed by atoms with Crippen LogP contribution in [0, 0.1) is 0 Å². The van der Waals surface area contributed by atoms with Gasteiger partial charge in [-0.3, -0.25) is 0 Å². The highest BCUT2D eigenvalue weighted by molar-refractivity contribution is 5.65. The number of rotatable bonds is 0. The Morgan fingerprint density at radius 3 is 2.62 bits per heavy atom. The summed E-state index contributed by atoms with van der Waals surface area (Å²) in [7, 11) is 0. The fourth-order valence-electron chi connectivity index (χ4n) is 1.11. The third-order valence-electron chi connectivity index (χ3n) is 1.73. The van der Waals surface area contributed by atoms with Crippen molar-refractivity contribution < 1.29 is 0 Å². The molecule has 0 radical (unpaired) electrons. The van der Waals surface area contributed by atoms with E-state index in [9.17, 15) is 0 Å². The Hall–Kier alpha value is -1.90. The molecule has 2 N–H and O–H groups in total. The van der Waals surface area contributed by atoms with Crippen molar-refractivity contribution in [2.45, 2.75) is 0 Å². The van der Waals surface area contributed by atoms with E-state index in [0.29, 0.717) is 5.95 Å². The van der Waals surface area contributed by atoms with Gasteiger partial charge in [-0.25, -0.2) is 9.97 Å². The highest BCUT2D eigenvalue weighted by Gasteiger charge is 1.99. The summed E-state index contributed by atoms with van der Waals surface area (Å²) in [5.41, 5.74) is 7.31. The van der Waals surface area contributed by atoms with Gasteiger partial charge in [0.1, 0.15) is 0 Å². The molecule has 1 aliphatic carbocycles. The standard InChI is InChI=1S/C10H9N3/c11-10-12-7-8-5-3-1-2-4-6-9(8)13-10/h1-7H,(H2,11,12,13)/b2-1-,3-1?,4-2?,5-3-,6-4-,8-5?,9-6?. The Bertz CT molecular complexity index is 403. The molecule has 0 bridgehead atoms. The first-order valence-electron chi connectivity index (χ1n) is 4.00. The van der Waals surface area contributed by atoms with Crippen LogP contribution in [0.15, 0.2) is 30.5 Å². The molecule has 0 atom stereocenters. The molecule has 0 amide bonds. The van der Waals surface area contributed by atoms with Gasteiger partial charge in [-0.15, -0.1) is 0 Å². The summed E-state index contributed by atoms with van der Waals surface area (Å²) in [6.07, 6.45) is 13.4. The van der Waals surface area contributed by atoms with Crippen molar-refractivity contribution in [2.75, 3.05) is 5.73 Å². The van der Waals surface area contributed by atoms with Crippen molar-refractivity contribution in [1.82, 2.24) is 9.97 Å². The maximum Gasteiger partial charge on any atom is 0.220 e. The molecule has 3 heteroatoms. The van der Waals surface area contributed by atoms with E-state index in [4.69, 9.17) is 5.73 Å². The normalized spacial score (nSPS) is 20.9. The summed E-state index contributed by atoms with van der Waals surface area (Å²) < 4.78 is 0. The zero-order valence-electron chi connectivity index (χ0n) is 7.01. The molecule has 0 unspecified atom stereocenters. The number of nitrogen functional groups attached to an aromatic ring is 1. The second-order valence-corrected chi connectivity index (χ2v) is 2.67. The number of nitrogens with two attached hydrogens (primary N) is 1. The number of anilines is 1. The number of hydrogen-bond donors (Lipinski definition) is 1. The minimum absolute atomic E-state index is 0.307. The van der Waals surface area contributed by atoms with E-state index >= 15 is 0 Å². The third-order valence-corrected chi connectivity index (χ3v) is 1.73. The average Bonchev–Trinajstić information content (AvgIpc) is 2.08. The predicted octanol–water partition coefficient (Wildman–Crippen LogP) is 1.66. The van der Waals surface area contributed by atoms with E-state index in [1.807, 2.05) is 36.5 Å². The Morgan fingerprint density at radius 2 is 1.77 bits per heavy atom. The Kier molecular flexibility index (Phi) is 1.92. The zero-order valence-corrected chi connectivity index (χ0v) is 7.01. The molecule has 0 fully saturated rings. The first-order chi connectivity index (χ1) is 6.36. The number of fused-ring (bicyclic) bond motifs is 1. The van der Waals surface area contributed by atoms with Crippen molar-refractivity contribution in [3.8, 4) is 0 Å². The van der Waals surface area contributed by atoms with Crippen LogP contribution in [0.5, 0.6) is 0 Å². The quantitative estimate of drug-likeness (QED) is 0.645. The van der Waals surface area contributed by atoms with Gasteiger partial charge in [0.25, 0.3) is 0 Å². The molecule has 2 rings (SSSR count). The summed E-state index contributed by atoms with van der Waals surface area (Å²) >= 11 is 0. The van der Waals surface area contributed by atoms with Gasteiger partial charge in [0.2, 0.25) is 5.95 Å². The molecular weight excluding hydrogens is 162 g/mol. The van der Waals surface area contributed by atoms with Crippen molar-refractivity contribution in [2.24, 2.45) is 0 Å². The van der Waals surface area contributed by atoms with Crippen molar-refractivity contribution in [1.29, 1.82) is 0 Å². The van der Waals surface area contributed by atoms with Crippen LogP contribution < -0.4 is 5.73 Å². The topological polar surface area (TPSA) is 51.8 Å². The molecule has 1 aliphatic rings. The second kappa shape index (κ2) is 3.23. The van der Waals surface area contributed by atoms with Crippen LogP contribution in [-0.2, 0) is 0 Å². The van der Waals surface area contributed by atoms with Gasteiger partial charge >= 0.3 is 0 Å². The maximum absolute atomic E-state index is 5.47. The van der Waals surface area contributed by atoms with Gasteiger partial charge in [0.05, 0.1) is 5.69 Å². The van der Waals surface area contributed by atoms with Crippen LogP contribution in [0.2, 0.25) is 0 Å². The van der Waals surface area contributed by atoms with Gasteiger partial charge in [0, 0.05) is 11.8 Å². The van der Waals surface area contributed by atoms with E-state index in [1.54, 1.807) is 6.20 Å². The minimum Gasteiger partial charge on any atom is -0.368 e. The average molecular weight is 171 g/mol. The molecule has 0 saturated heterocycles. The first-order valence-corrected chi connectivity index (χ1v) is 4.00. The number of hydrogen-bond acceptors (Lipinski definition) is 3. The lowest BCUT2D eigenvalue weighted by Gasteiger charge is -2.00. The smallest absolute Gasteiger partial charge is 0.220 e. The fourth-order valence-corrected chi connectivity index (χ4v) is 1.11. The molecule has 0 saturated carbocycles. The van der Waals surface area contributed by atoms with Gasteiger partial charge < -0.3 is 5.73 Å². The number of aromatic nitrogens is 2. The summed E-state index contributed by atoms with van der Waals surface area (Å²) in [6, 6.07) is 0. The minimum atomic E-state index is 0.307. The van der Waals surface area contributed by atoms with Gasteiger partial charge in [-0.05, 0) is 6.08 Å². The molecule has 0 aromatic carbocycles. The monoisotopic (exact) mass is 171 g/mol. The van der Waals surface area contributed by atoms with Gasteiger partial charge in [0.15, 0.2) is 0 Å². The second-order valence-electron chi connectivity index (χ2n) is 2.67. The van der Waals surface area contributed by atoms with Crippen molar-refractivity contribution >= 4 is 18.1 Å². The lowest BCUT2D eigenvalue weighted by Crippen LogP contribution is -1.98. The maximum atomic E-state index is 5.47. The third kappa shape index (κ3) is 1.64. The highest BCUT2D eigenvalue weighted by atomic mass is 15.0. The van der Waals surface area contributed by atoms with Crippen LogP contribution in [0.3, 0.4) is 0 Å². The van der Waals surface area contributed by atoms with Crippen molar-refractivity contribution in [3.05, 3.63) is 41.8 Å². The zero-order chi connectivity index (χ0) is 9.10. The van der Waals surface area contributed by atoms with E-state index in [0.717, 1.165) is 11.3 Å². The molecule has 1 aromatic heterocycles. The van der Waals surface area contributed by atoms with Crippen LogP contribution in [0.1, 0.15) is 11.3 Å². The number of nitrogens with zero attached hydrogens (tertiary/aromatic N) is 2. The van der Waals surface area contributed by atoms with Crippen LogP contribution >= 0.6 is 0 Å². The predicted molar refractivity (Wildman–Crippen MR) is 53.7 cm³/mol. The molecule has 13 heavy (non-hydrogen) atoms. The largest absolute Gasteiger partial charge is 0.368 e. The summed E-state index contributed by atoms with van der Waals surface area (Å²) in [5, 5.41) is 0. The lowest BCUT2D eigenvalue weighted by atomic mass is 10.1. The number of allylic oxidation sites excluding steroid dienone is 4. The lowest BCUT2D eigenvalue weighted by molar-refractivity contribution is 1.16. The Labute approximate surface area is 76.3 Å². The summed E-state index contributed by atoms with van der Waals surface area (Å²) in [6.45, 7) is 0. The fraction of sp³-hybridized carbons (Fsp3) is 0. The van der Waals surface area contributed by atoms with E-state index in [1.165, 1.54) is 0 Å². The SMILES string of the molecule is Nc1ncc2c(n1)\C=C/C=C\C=C/2. The molecular formula is C10H9N3. The molecule has 64 valence electrons. The van der Waals surface area contributed by atoms with Crippen molar-refractivity contribution in [3.63, 3.8) is 0 Å². The summed E-state index contributed by atoms with van der Waals surface area (Å²) in [5.74, 6) is 0.307. The van der Waals surface area contributed by atoms with Gasteiger partial charge in [-0.2, -0.15) is 0 Å². The molecule has 1 aromatic rings. The van der Waals surface area contributed by atoms with E-state index < -0.39 is 0 Å². The van der Waals surface area contributed by atoms with Crippen LogP contribution in [0.25, 0.3) is 12.2 Å². The van der Waals surface area contributed by atoms with E-state index in [2.05, 4.69) is 9.97 Å². The van der Waals surface area contributed by atoms with Crippen LogP contribution in [0.4, 0.5) is 5.95 Å². The van der Waals surface area contributed by atoms with Crippen LogP contribution in [-0.4, -0.2) is 9.97 Å². The van der Waals surface area contributed by atoms with E-state index in [-0.39, 0.29) is 0 Å². The Morgan fingerprint density at radius 1 is 1.00 bits per heavy atom. The molecule has 0 spiro atoms. The summed E-state index contributed by atoms with van der Waals surface area (Å²) in [4.78, 5) is 8.03. The first kappa shape index (κ1) is 7.73. The van der Waals surface area contributed by atoms with Gasteiger partial charge in [-0.1, -0.05) is 30.4 Å². The molecule has 3 nitrogen and oxygen atoms in total. The molecule has 1 heterocycles. The molecule has 0 aliphatic heterocycles. The highest BCUT2D eigenvalue weighted by Crippen LogP contribution is 2.12.